The minimum atomic E-state index is -1.20. The largest absolute Gasteiger partial charge is 0.387 e. The van der Waals surface area contributed by atoms with Gasteiger partial charge in [0.25, 0.3) is 17.4 Å². The number of aromatic nitrogens is 3. The van der Waals surface area contributed by atoms with E-state index in [0.717, 1.165) is 49.8 Å². The number of pyridine rings is 1. The maximum atomic E-state index is 13.9. The van der Waals surface area contributed by atoms with Crippen LogP contribution in [0.5, 0.6) is 0 Å². The number of aliphatic hydroxyl groups is 1. The van der Waals surface area contributed by atoms with Crippen molar-refractivity contribution in [1.29, 1.82) is 0 Å². The lowest BCUT2D eigenvalue weighted by Crippen LogP contribution is -2.62. The number of rotatable bonds is 6. The summed E-state index contributed by atoms with van der Waals surface area (Å²) in [5.41, 5.74) is 1.42. The van der Waals surface area contributed by atoms with Crippen LogP contribution in [-0.4, -0.2) is 74.3 Å². The van der Waals surface area contributed by atoms with Crippen molar-refractivity contribution in [1.82, 2.24) is 24.6 Å². The molecule has 2 aliphatic carbocycles. The molecule has 43 heavy (non-hydrogen) atoms. The first-order valence-corrected chi connectivity index (χ1v) is 15.8. The molecular weight excluding hydrogens is 542 g/mol. The highest BCUT2D eigenvalue weighted by Crippen LogP contribution is 2.52. The van der Waals surface area contributed by atoms with E-state index in [4.69, 9.17) is 0 Å². The van der Waals surface area contributed by atoms with E-state index >= 15 is 0 Å². The second kappa shape index (κ2) is 11.8. The van der Waals surface area contributed by atoms with Gasteiger partial charge in [-0.05, 0) is 37.7 Å². The first-order valence-electron chi connectivity index (χ1n) is 15.8. The molecule has 228 valence electrons. The second-order valence-electron chi connectivity index (χ2n) is 13.2. The summed E-state index contributed by atoms with van der Waals surface area (Å²) in [5.74, 6) is 0.109. The summed E-state index contributed by atoms with van der Waals surface area (Å²) in [5, 5.41) is 19.8. The van der Waals surface area contributed by atoms with Crippen molar-refractivity contribution in [3.63, 3.8) is 0 Å². The van der Waals surface area contributed by atoms with E-state index in [1.54, 1.807) is 26.5 Å². The molecule has 0 radical (unpaired) electrons. The van der Waals surface area contributed by atoms with Gasteiger partial charge in [0.2, 0.25) is 0 Å². The molecule has 3 aliphatic rings. The lowest BCUT2D eigenvalue weighted by Gasteiger charge is -2.52. The second-order valence-corrected chi connectivity index (χ2v) is 13.2. The van der Waals surface area contributed by atoms with Crippen LogP contribution in [0.2, 0.25) is 0 Å². The molecule has 3 aromatic rings. The van der Waals surface area contributed by atoms with Gasteiger partial charge in [-0.25, -0.2) is 0 Å². The minimum Gasteiger partial charge on any atom is -0.387 e. The van der Waals surface area contributed by atoms with Gasteiger partial charge in [0.15, 0.2) is 0 Å². The highest BCUT2D eigenvalue weighted by atomic mass is 16.3. The van der Waals surface area contributed by atoms with E-state index in [-0.39, 0.29) is 23.9 Å². The molecule has 1 saturated heterocycles. The summed E-state index contributed by atoms with van der Waals surface area (Å²) in [6.07, 6.45) is 12.9. The van der Waals surface area contributed by atoms with Crippen molar-refractivity contribution < 1.29 is 14.7 Å². The van der Waals surface area contributed by atoms with Gasteiger partial charge in [0.1, 0.15) is 0 Å². The third-order valence-corrected chi connectivity index (χ3v) is 10.3. The average Bonchev–Trinajstić information content (AvgIpc) is 3.71. The first kappa shape index (κ1) is 29.4. The van der Waals surface area contributed by atoms with Crippen LogP contribution >= 0.6 is 0 Å². The minimum absolute atomic E-state index is 0.0223. The normalized spacial score (nSPS) is 22.2. The van der Waals surface area contributed by atoms with E-state index in [9.17, 15) is 19.5 Å². The molecule has 3 heterocycles. The smallest absolute Gasteiger partial charge is 0.257 e. The molecule has 2 saturated carbocycles. The summed E-state index contributed by atoms with van der Waals surface area (Å²) in [6, 6.07) is 11.0. The van der Waals surface area contributed by atoms with Gasteiger partial charge in [-0.1, -0.05) is 62.4 Å². The molecule has 1 spiro atoms. The van der Waals surface area contributed by atoms with Crippen molar-refractivity contribution in [3.8, 4) is 11.1 Å². The van der Waals surface area contributed by atoms with Crippen LogP contribution < -0.4 is 5.56 Å². The van der Waals surface area contributed by atoms with Crippen molar-refractivity contribution in [2.45, 2.75) is 82.3 Å². The molecule has 9 heteroatoms. The van der Waals surface area contributed by atoms with Crippen LogP contribution in [0.1, 0.15) is 96.5 Å². The van der Waals surface area contributed by atoms with Crippen LogP contribution in [0, 0.1) is 5.41 Å². The fraction of sp³-hybridized carbons (Fsp3) is 0.529. The van der Waals surface area contributed by atoms with Crippen LogP contribution in [0.25, 0.3) is 11.1 Å². The number of benzene rings is 1. The molecule has 3 fully saturated rings. The molecule has 1 unspecified atom stereocenters. The van der Waals surface area contributed by atoms with Crippen molar-refractivity contribution in [2.75, 3.05) is 27.2 Å². The molecular formula is C34H43N5O4. The topological polar surface area (TPSA) is 112 Å². The molecule has 9 nitrogen and oxygen atoms in total. The van der Waals surface area contributed by atoms with Gasteiger partial charge >= 0.3 is 0 Å². The maximum Gasteiger partial charge on any atom is 0.257 e. The number of piperidine rings is 1. The monoisotopic (exact) mass is 585 g/mol. The Morgan fingerprint density at radius 2 is 1.74 bits per heavy atom. The standard InChI is InChI=1S/C34H43N5O4/c1-37(2)31(41)28-21-39(29(40)19-26(28)24-11-5-3-6-12-24)23-34(43)17-18-38(22-33(34)15-9-10-16-33)32(42)27-20-35-36-30(27)25-13-7-4-8-14-25/h3,5-6,11-12,19-21,25,43H,4,7-10,13-18,22-23H2,1-2H3,(H,35,36). The zero-order valence-electron chi connectivity index (χ0n) is 25.3. The van der Waals surface area contributed by atoms with Crippen LogP contribution in [0.4, 0.5) is 0 Å². The molecule has 2 amide bonds. The fourth-order valence-electron chi connectivity index (χ4n) is 7.86. The number of carbonyl (C=O) groups is 2. The summed E-state index contributed by atoms with van der Waals surface area (Å²) in [4.78, 5) is 44.2. The van der Waals surface area contributed by atoms with Crippen molar-refractivity contribution in [3.05, 3.63) is 76.0 Å². The molecule has 1 aliphatic heterocycles. The van der Waals surface area contributed by atoms with Crippen LogP contribution in [0.15, 0.2) is 53.6 Å². The predicted molar refractivity (Wildman–Crippen MR) is 165 cm³/mol. The Kier molecular flexibility index (Phi) is 8.02. The Hall–Kier alpha value is -3.72. The van der Waals surface area contributed by atoms with E-state index < -0.39 is 11.0 Å². The van der Waals surface area contributed by atoms with Gasteiger partial charge in [0.05, 0.1) is 35.2 Å². The van der Waals surface area contributed by atoms with E-state index in [1.165, 1.54) is 34.8 Å². The number of hydrogen-bond acceptors (Lipinski definition) is 5. The molecule has 2 N–H and O–H groups in total. The molecule has 1 aromatic carbocycles. The first-order chi connectivity index (χ1) is 20.7. The van der Waals surface area contributed by atoms with Gasteiger partial charge in [-0.15, -0.1) is 0 Å². The summed E-state index contributed by atoms with van der Waals surface area (Å²) in [7, 11) is 3.39. The fourth-order valence-corrected chi connectivity index (χ4v) is 7.86. The third-order valence-electron chi connectivity index (χ3n) is 10.3. The van der Waals surface area contributed by atoms with E-state index in [1.807, 2.05) is 35.2 Å². The molecule has 1 atom stereocenters. The maximum absolute atomic E-state index is 13.9. The lowest BCUT2D eigenvalue weighted by molar-refractivity contribution is -0.135. The Bertz CT molecular complexity index is 1530. The predicted octanol–water partition coefficient (Wildman–Crippen LogP) is 4.83. The number of nitrogens with one attached hydrogen (secondary N) is 1. The highest BCUT2D eigenvalue weighted by Gasteiger charge is 2.56. The van der Waals surface area contributed by atoms with Gasteiger partial charge in [-0.2, -0.15) is 5.10 Å². The third kappa shape index (κ3) is 5.44. The number of nitrogens with zero attached hydrogens (tertiary/aromatic N) is 4. The number of amides is 2. The zero-order chi connectivity index (χ0) is 30.2. The number of carbonyl (C=O) groups excluding carboxylic acids is 2. The number of aromatic amines is 1. The number of hydrogen-bond donors (Lipinski definition) is 2. The molecule has 6 rings (SSSR count). The van der Waals surface area contributed by atoms with E-state index in [0.29, 0.717) is 42.1 Å². The summed E-state index contributed by atoms with van der Waals surface area (Å²) in [6.45, 7) is 0.917. The van der Waals surface area contributed by atoms with Gasteiger partial charge in [0, 0.05) is 56.3 Å². The van der Waals surface area contributed by atoms with Gasteiger partial charge < -0.3 is 19.5 Å². The van der Waals surface area contributed by atoms with Crippen molar-refractivity contribution >= 4 is 11.8 Å². The molecule has 0 bridgehead atoms. The van der Waals surface area contributed by atoms with Crippen molar-refractivity contribution in [2.24, 2.45) is 5.41 Å². The summed E-state index contributed by atoms with van der Waals surface area (Å²) < 4.78 is 1.51. The number of H-pyrrole nitrogens is 1. The molecule has 2 aromatic heterocycles. The van der Waals surface area contributed by atoms with Crippen LogP contribution in [0.3, 0.4) is 0 Å². The Morgan fingerprint density at radius 1 is 1.02 bits per heavy atom. The quantitative estimate of drug-likeness (QED) is 0.431. The van der Waals surface area contributed by atoms with Gasteiger partial charge in [-0.3, -0.25) is 19.5 Å². The Morgan fingerprint density at radius 3 is 2.44 bits per heavy atom. The highest BCUT2D eigenvalue weighted by molar-refractivity contribution is 6.00. The average molecular weight is 586 g/mol. The summed E-state index contributed by atoms with van der Waals surface area (Å²) >= 11 is 0. The number of likely N-dealkylation sites (tertiary alicyclic amines) is 1. The SMILES string of the molecule is CN(C)C(=O)c1cn(CC2(O)CCN(C(=O)c3cn[nH]c3C3CCCCC3)CC23CCCC3)c(=O)cc1-c1ccccc1. The Labute approximate surface area is 252 Å². The lowest BCUT2D eigenvalue weighted by atomic mass is 9.65. The Balaban J connectivity index is 1.30. The van der Waals surface area contributed by atoms with Crippen LogP contribution in [-0.2, 0) is 6.54 Å². The van der Waals surface area contributed by atoms with E-state index in [2.05, 4.69) is 10.2 Å². The zero-order valence-corrected chi connectivity index (χ0v) is 25.3.